The minimum Gasteiger partial charge on any atom is -0.411 e. The van der Waals surface area contributed by atoms with Gasteiger partial charge in [0.25, 0.3) is 0 Å². The predicted molar refractivity (Wildman–Crippen MR) is 53.7 cm³/mol. The molecule has 1 aromatic rings. The van der Waals surface area contributed by atoms with Gasteiger partial charge in [0.05, 0.1) is 6.21 Å². The average molecular weight is 180 g/mol. The largest absolute Gasteiger partial charge is 0.411 e. The summed E-state index contributed by atoms with van der Waals surface area (Å²) in [5, 5.41) is 11.5. The van der Waals surface area contributed by atoms with Crippen LogP contribution in [0.15, 0.2) is 11.2 Å². The molecule has 0 saturated heterocycles. The maximum Gasteiger partial charge on any atom is 0.0751 e. The van der Waals surface area contributed by atoms with Gasteiger partial charge in [-0.3, -0.25) is 0 Å². The number of aryl methyl sites for hydroxylation is 1. The topological polar surface area (TPSA) is 37.5 Å². The molecule has 0 unspecified atom stereocenters. The van der Waals surface area contributed by atoms with Crippen LogP contribution in [0.2, 0.25) is 0 Å². The van der Waals surface area contributed by atoms with E-state index in [2.05, 4.69) is 30.5 Å². The molecular formula is C10H16N2O. The summed E-state index contributed by atoms with van der Waals surface area (Å²) in [6.45, 7) is 8.37. The summed E-state index contributed by atoms with van der Waals surface area (Å²) in [7, 11) is 0. The molecule has 13 heavy (non-hydrogen) atoms. The third kappa shape index (κ3) is 1.74. The van der Waals surface area contributed by atoms with Crippen molar-refractivity contribution in [2.45, 2.75) is 33.7 Å². The Kier molecular flexibility index (Phi) is 2.76. The molecule has 72 valence electrons. The van der Waals surface area contributed by atoms with Crippen LogP contribution in [0.5, 0.6) is 0 Å². The molecule has 0 fully saturated rings. The fourth-order valence-electron chi connectivity index (χ4n) is 1.79. The van der Waals surface area contributed by atoms with E-state index in [1.54, 1.807) is 0 Å². The highest BCUT2D eigenvalue weighted by atomic mass is 16.4. The van der Waals surface area contributed by atoms with Gasteiger partial charge in [-0.2, -0.15) is 0 Å². The van der Waals surface area contributed by atoms with Crippen LogP contribution in [0.3, 0.4) is 0 Å². The summed E-state index contributed by atoms with van der Waals surface area (Å²) in [5.41, 5.74) is 3.32. The molecule has 0 radical (unpaired) electrons. The molecule has 0 amide bonds. The first kappa shape index (κ1) is 9.84. The van der Waals surface area contributed by atoms with E-state index in [0.717, 1.165) is 11.3 Å². The van der Waals surface area contributed by atoms with Crippen molar-refractivity contribution in [1.82, 2.24) is 4.57 Å². The second kappa shape index (κ2) is 3.64. The second-order valence-electron chi connectivity index (χ2n) is 3.53. The molecule has 1 rings (SSSR count). The van der Waals surface area contributed by atoms with Crippen LogP contribution in [0.4, 0.5) is 0 Å². The van der Waals surface area contributed by atoms with Crippen LogP contribution in [0.1, 0.15) is 36.8 Å². The Hall–Kier alpha value is -1.25. The number of oxime groups is 1. The fourth-order valence-corrected chi connectivity index (χ4v) is 1.79. The van der Waals surface area contributed by atoms with E-state index < -0.39 is 0 Å². The Morgan fingerprint density at radius 1 is 1.46 bits per heavy atom. The molecule has 0 aliphatic rings. The van der Waals surface area contributed by atoms with Crippen LogP contribution < -0.4 is 0 Å². The molecule has 0 atom stereocenters. The normalized spacial score (nSPS) is 11.8. The molecule has 0 spiro atoms. The monoisotopic (exact) mass is 180 g/mol. The molecule has 1 heterocycles. The molecular weight excluding hydrogens is 164 g/mol. The third-order valence-electron chi connectivity index (χ3n) is 2.24. The number of hydrogen-bond acceptors (Lipinski definition) is 2. The first-order valence-corrected chi connectivity index (χ1v) is 4.43. The van der Waals surface area contributed by atoms with Gasteiger partial charge in [-0.1, -0.05) is 5.16 Å². The Labute approximate surface area is 78.7 Å². The van der Waals surface area contributed by atoms with Gasteiger partial charge in [0, 0.05) is 23.0 Å². The zero-order valence-corrected chi connectivity index (χ0v) is 8.57. The van der Waals surface area contributed by atoms with Crippen molar-refractivity contribution in [3.8, 4) is 0 Å². The highest BCUT2D eigenvalue weighted by molar-refractivity contribution is 5.81. The molecule has 0 aliphatic carbocycles. The van der Waals surface area contributed by atoms with E-state index in [9.17, 15) is 0 Å². The van der Waals surface area contributed by atoms with E-state index in [4.69, 9.17) is 5.21 Å². The summed E-state index contributed by atoms with van der Waals surface area (Å²) in [5.74, 6) is 0. The summed E-state index contributed by atoms with van der Waals surface area (Å²) in [4.78, 5) is 0. The van der Waals surface area contributed by atoms with Gasteiger partial charge in [0.15, 0.2) is 0 Å². The predicted octanol–water partition coefficient (Wildman–Crippen LogP) is 2.49. The van der Waals surface area contributed by atoms with E-state index in [1.807, 2.05) is 13.0 Å². The quantitative estimate of drug-likeness (QED) is 0.424. The summed E-state index contributed by atoms with van der Waals surface area (Å²) in [6, 6.07) is 2.47. The minimum absolute atomic E-state index is 0.445. The Balaban J connectivity index is 3.22. The van der Waals surface area contributed by atoms with Crippen molar-refractivity contribution >= 4 is 6.21 Å². The van der Waals surface area contributed by atoms with Crippen LogP contribution in [0, 0.1) is 13.8 Å². The molecule has 3 nitrogen and oxygen atoms in total. The van der Waals surface area contributed by atoms with Crippen LogP contribution in [0.25, 0.3) is 0 Å². The van der Waals surface area contributed by atoms with E-state index in [0.29, 0.717) is 6.04 Å². The standard InChI is InChI=1S/C10H16N2O/c1-7(2)12-8(3)5-10(6-11-13)9(12)4/h5-7,13H,1-4H3/b11-6+. The maximum atomic E-state index is 8.44. The van der Waals surface area contributed by atoms with Crippen molar-refractivity contribution in [2.75, 3.05) is 0 Å². The molecule has 0 bridgehead atoms. The van der Waals surface area contributed by atoms with Gasteiger partial charge in [0.1, 0.15) is 0 Å². The molecule has 1 N–H and O–H groups in total. The smallest absolute Gasteiger partial charge is 0.0751 e. The van der Waals surface area contributed by atoms with Gasteiger partial charge in [-0.05, 0) is 33.8 Å². The lowest BCUT2D eigenvalue weighted by Gasteiger charge is -2.13. The summed E-state index contributed by atoms with van der Waals surface area (Å²) < 4.78 is 2.22. The highest BCUT2D eigenvalue weighted by Gasteiger charge is 2.09. The third-order valence-corrected chi connectivity index (χ3v) is 2.24. The van der Waals surface area contributed by atoms with E-state index in [1.165, 1.54) is 11.9 Å². The molecule has 0 saturated carbocycles. The van der Waals surface area contributed by atoms with Crippen LogP contribution >= 0.6 is 0 Å². The molecule has 1 aromatic heterocycles. The molecule has 0 aliphatic heterocycles. The van der Waals surface area contributed by atoms with Crippen molar-refractivity contribution in [3.05, 3.63) is 23.0 Å². The lowest BCUT2D eigenvalue weighted by molar-refractivity contribution is 0.322. The average Bonchev–Trinajstić information content (AvgIpc) is 2.28. The van der Waals surface area contributed by atoms with Crippen molar-refractivity contribution in [3.63, 3.8) is 0 Å². The summed E-state index contributed by atoms with van der Waals surface area (Å²) in [6.07, 6.45) is 1.47. The highest BCUT2D eigenvalue weighted by Crippen LogP contribution is 2.18. The number of rotatable bonds is 2. The second-order valence-corrected chi connectivity index (χ2v) is 3.53. The Morgan fingerprint density at radius 3 is 2.46 bits per heavy atom. The van der Waals surface area contributed by atoms with Gasteiger partial charge in [-0.15, -0.1) is 0 Å². The van der Waals surface area contributed by atoms with Gasteiger partial charge in [-0.25, -0.2) is 0 Å². The molecule has 3 heteroatoms. The SMILES string of the molecule is Cc1cc(/C=N/O)c(C)n1C(C)C. The zero-order chi connectivity index (χ0) is 10.0. The van der Waals surface area contributed by atoms with Crippen LogP contribution in [-0.2, 0) is 0 Å². The first-order valence-electron chi connectivity index (χ1n) is 4.43. The minimum atomic E-state index is 0.445. The number of hydrogen-bond donors (Lipinski definition) is 1. The van der Waals surface area contributed by atoms with Crippen molar-refractivity contribution < 1.29 is 5.21 Å². The fraction of sp³-hybridized carbons (Fsp3) is 0.500. The number of nitrogens with zero attached hydrogens (tertiary/aromatic N) is 2. The van der Waals surface area contributed by atoms with Gasteiger partial charge in [0.2, 0.25) is 0 Å². The first-order chi connectivity index (χ1) is 6.07. The van der Waals surface area contributed by atoms with Crippen LogP contribution in [-0.4, -0.2) is 16.0 Å². The van der Waals surface area contributed by atoms with Crippen molar-refractivity contribution in [2.24, 2.45) is 5.16 Å². The lowest BCUT2D eigenvalue weighted by Crippen LogP contribution is -2.04. The maximum absolute atomic E-state index is 8.44. The Morgan fingerprint density at radius 2 is 2.08 bits per heavy atom. The lowest BCUT2D eigenvalue weighted by atomic mass is 10.2. The van der Waals surface area contributed by atoms with E-state index in [-0.39, 0.29) is 0 Å². The Bertz CT molecular complexity index is 324. The van der Waals surface area contributed by atoms with Crippen molar-refractivity contribution in [1.29, 1.82) is 0 Å². The van der Waals surface area contributed by atoms with E-state index >= 15 is 0 Å². The number of aromatic nitrogens is 1. The van der Waals surface area contributed by atoms with Gasteiger partial charge >= 0.3 is 0 Å². The van der Waals surface area contributed by atoms with Gasteiger partial charge < -0.3 is 9.77 Å². The zero-order valence-electron chi connectivity index (χ0n) is 8.57. The molecule has 0 aromatic carbocycles. The summed E-state index contributed by atoms with van der Waals surface area (Å²) >= 11 is 0.